The van der Waals surface area contributed by atoms with E-state index < -0.39 is 0 Å². The van der Waals surface area contributed by atoms with Crippen molar-refractivity contribution in [3.05, 3.63) is 64.9 Å². The fraction of sp³-hybridized carbons (Fsp3) is 0.675. The van der Waals surface area contributed by atoms with E-state index in [1.807, 2.05) is 55.4 Å². The second-order valence-corrected chi connectivity index (χ2v) is 12.5. The summed E-state index contributed by atoms with van der Waals surface area (Å²) >= 11 is 0. The number of pyridine rings is 1. The second-order valence-electron chi connectivity index (χ2n) is 12.5. The molecule has 0 N–H and O–H groups in total. The van der Waals surface area contributed by atoms with Crippen LogP contribution in [-0.4, -0.2) is 4.98 Å². The Labute approximate surface area is 261 Å². The molecule has 1 aromatic carbocycles. The van der Waals surface area contributed by atoms with Crippen LogP contribution in [-0.2, 0) is 5.41 Å². The first-order valence-corrected chi connectivity index (χ1v) is 16.7. The Morgan fingerprint density at radius 1 is 0.829 bits per heavy atom. The number of nitrogens with zero attached hydrogens (tertiary/aromatic N) is 1. The first kappa shape index (κ1) is 46.1. The first-order chi connectivity index (χ1) is 19.0. The molecule has 0 unspecified atom stereocenters. The molecule has 0 saturated heterocycles. The van der Waals surface area contributed by atoms with E-state index in [0.717, 1.165) is 17.3 Å². The molecule has 0 aliphatic heterocycles. The molecular formula is C40H75N. The number of benzene rings is 1. The molecule has 1 heteroatoms. The summed E-state index contributed by atoms with van der Waals surface area (Å²) in [7, 11) is 0. The zero-order valence-electron chi connectivity index (χ0n) is 31.7. The highest BCUT2D eigenvalue weighted by Crippen LogP contribution is 2.29. The monoisotopic (exact) mass is 570 g/mol. The second kappa shape index (κ2) is 25.8. The van der Waals surface area contributed by atoms with E-state index in [1.165, 1.54) is 59.9 Å². The number of hydrogen-bond acceptors (Lipinski definition) is 1. The topological polar surface area (TPSA) is 12.9 Å². The maximum absolute atomic E-state index is 4.77. The molecule has 1 fully saturated rings. The zero-order valence-corrected chi connectivity index (χ0v) is 31.7. The van der Waals surface area contributed by atoms with E-state index in [-0.39, 0.29) is 5.41 Å². The molecule has 2 aromatic rings. The highest BCUT2D eigenvalue weighted by Gasteiger charge is 2.15. The van der Waals surface area contributed by atoms with Gasteiger partial charge in [-0.3, -0.25) is 4.98 Å². The summed E-state index contributed by atoms with van der Waals surface area (Å²) in [6.45, 7) is 44.0. The van der Waals surface area contributed by atoms with Crippen LogP contribution >= 0.6 is 0 Å². The fourth-order valence-electron chi connectivity index (χ4n) is 3.29. The van der Waals surface area contributed by atoms with Crippen molar-refractivity contribution in [1.82, 2.24) is 4.98 Å². The molecule has 1 aliphatic carbocycles. The summed E-state index contributed by atoms with van der Waals surface area (Å²) in [5.74, 6) is 1.08. The van der Waals surface area contributed by atoms with Gasteiger partial charge in [0.25, 0.3) is 0 Å². The van der Waals surface area contributed by atoms with Gasteiger partial charge in [0.1, 0.15) is 0 Å². The molecule has 1 saturated carbocycles. The lowest BCUT2D eigenvalue weighted by Gasteiger charge is -2.20. The minimum Gasteiger partial charge on any atom is -0.253 e. The van der Waals surface area contributed by atoms with Gasteiger partial charge in [0.15, 0.2) is 0 Å². The number of aryl methyl sites for hydroxylation is 3. The van der Waals surface area contributed by atoms with Gasteiger partial charge in [-0.2, -0.15) is 0 Å². The summed E-state index contributed by atoms with van der Waals surface area (Å²) < 4.78 is 0. The summed E-state index contributed by atoms with van der Waals surface area (Å²) in [6.07, 6.45) is 6.96. The number of aromatic nitrogens is 1. The third-order valence-corrected chi connectivity index (χ3v) is 6.41. The maximum atomic E-state index is 4.77. The van der Waals surface area contributed by atoms with Crippen LogP contribution in [0.2, 0.25) is 0 Å². The van der Waals surface area contributed by atoms with E-state index in [1.54, 1.807) is 0 Å². The Bertz CT molecular complexity index is 888. The zero-order chi connectivity index (χ0) is 33.4. The van der Waals surface area contributed by atoms with Crippen LogP contribution in [0.25, 0.3) is 11.3 Å². The number of rotatable bonds is 4. The number of allylic oxidation sites excluding steroid dienone is 1. The molecule has 1 aromatic heterocycles. The van der Waals surface area contributed by atoms with Gasteiger partial charge in [0, 0.05) is 11.3 Å². The predicted molar refractivity (Wildman–Crippen MR) is 194 cm³/mol. The van der Waals surface area contributed by atoms with Crippen LogP contribution in [0.1, 0.15) is 165 Å². The lowest BCUT2D eigenvalue weighted by atomic mass is 9.85. The summed E-state index contributed by atoms with van der Waals surface area (Å²) in [6, 6.07) is 11.0. The third kappa shape index (κ3) is 25.5. The standard InChI is InChI=1S/C18H23N.C8H18.2C4H8.3C2H6/c1-12-10-13(2)17(19-14(12)3)15-8-7-9-16(11-15)18(4,5)6;1-5-7-8(3,4)6-2;1-4-2-3-4;1-4(2)3;3*1-2/h7-11H,1-6H3;5-7H2,1-4H3;4H,2-3H2,1H3;1H2,2-3H3;3*1-2H3. The van der Waals surface area contributed by atoms with Gasteiger partial charge in [-0.25, -0.2) is 0 Å². The van der Waals surface area contributed by atoms with E-state index in [9.17, 15) is 0 Å². The maximum Gasteiger partial charge on any atom is 0.0734 e. The van der Waals surface area contributed by atoms with Crippen LogP contribution in [0.3, 0.4) is 0 Å². The van der Waals surface area contributed by atoms with Crippen LogP contribution in [0.4, 0.5) is 0 Å². The van der Waals surface area contributed by atoms with Crippen molar-refractivity contribution in [2.75, 3.05) is 0 Å². The molecular weight excluding hydrogens is 494 g/mol. The largest absolute Gasteiger partial charge is 0.253 e. The third-order valence-electron chi connectivity index (χ3n) is 6.41. The molecule has 0 amide bonds. The lowest BCUT2D eigenvalue weighted by molar-refractivity contribution is 0.319. The molecule has 41 heavy (non-hydrogen) atoms. The quantitative estimate of drug-likeness (QED) is 0.334. The Morgan fingerprint density at radius 2 is 1.27 bits per heavy atom. The van der Waals surface area contributed by atoms with Crippen molar-refractivity contribution >= 4 is 0 Å². The van der Waals surface area contributed by atoms with E-state index in [0.29, 0.717) is 5.41 Å². The molecule has 1 nitrogen and oxygen atoms in total. The summed E-state index contributed by atoms with van der Waals surface area (Å²) in [5.41, 5.74) is 9.22. The van der Waals surface area contributed by atoms with Crippen molar-refractivity contribution in [3.63, 3.8) is 0 Å². The molecule has 0 radical (unpaired) electrons. The SMILES string of the molecule is C=C(C)C.CC.CC.CC.CC1CC1.CCCC(C)(C)CC.Cc1cc(C)c(-c2cccc(C(C)(C)C)c2)nc1C. The predicted octanol–water partition coefficient (Wildman–Crippen LogP) is 14.3. The van der Waals surface area contributed by atoms with Gasteiger partial charge >= 0.3 is 0 Å². The minimum absolute atomic E-state index is 0.170. The lowest BCUT2D eigenvalue weighted by Crippen LogP contribution is -2.10. The average Bonchev–Trinajstić information content (AvgIpc) is 3.71. The normalized spacial score (nSPS) is 11.4. The first-order valence-electron chi connectivity index (χ1n) is 16.7. The Morgan fingerprint density at radius 3 is 1.59 bits per heavy atom. The Balaban J connectivity index is -0.000000257. The molecule has 0 atom stereocenters. The number of hydrogen-bond donors (Lipinski definition) is 0. The molecule has 3 rings (SSSR count). The molecule has 240 valence electrons. The van der Waals surface area contributed by atoms with Gasteiger partial charge in [0.05, 0.1) is 5.69 Å². The average molecular weight is 570 g/mol. The van der Waals surface area contributed by atoms with E-state index in [4.69, 9.17) is 4.98 Å². The van der Waals surface area contributed by atoms with E-state index >= 15 is 0 Å². The van der Waals surface area contributed by atoms with Crippen molar-refractivity contribution in [2.45, 2.75) is 169 Å². The van der Waals surface area contributed by atoms with Gasteiger partial charge in [-0.05, 0) is 80.5 Å². The molecule has 1 heterocycles. The van der Waals surface area contributed by atoms with Gasteiger partial charge in [0.2, 0.25) is 0 Å². The van der Waals surface area contributed by atoms with Crippen LogP contribution in [0.5, 0.6) is 0 Å². The van der Waals surface area contributed by atoms with Gasteiger partial charge < -0.3 is 0 Å². The van der Waals surface area contributed by atoms with Gasteiger partial charge in [-0.1, -0.05) is 152 Å². The van der Waals surface area contributed by atoms with Crippen molar-refractivity contribution in [1.29, 1.82) is 0 Å². The summed E-state index contributed by atoms with van der Waals surface area (Å²) in [4.78, 5) is 4.77. The van der Waals surface area contributed by atoms with Crippen LogP contribution < -0.4 is 0 Å². The van der Waals surface area contributed by atoms with Gasteiger partial charge in [-0.15, -0.1) is 6.58 Å². The van der Waals surface area contributed by atoms with E-state index in [2.05, 4.69) is 113 Å². The Kier molecular flexibility index (Phi) is 29.0. The molecule has 0 spiro atoms. The van der Waals surface area contributed by atoms with Crippen LogP contribution in [0, 0.1) is 32.1 Å². The van der Waals surface area contributed by atoms with Crippen LogP contribution in [0.15, 0.2) is 42.5 Å². The Hall–Kier alpha value is -1.89. The summed E-state index contributed by atoms with van der Waals surface area (Å²) in [5, 5.41) is 0. The highest BCUT2D eigenvalue weighted by atomic mass is 14.7. The highest BCUT2D eigenvalue weighted by molar-refractivity contribution is 5.64. The molecule has 0 bridgehead atoms. The van der Waals surface area contributed by atoms with Crippen molar-refractivity contribution < 1.29 is 0 Å². The van der Waals surface area contributed by atoms with Crippen molar-refractivity contribution in [2.24, 2.45) is 11.3 Å². The fourth-order valence-corrected chi connectivity index (χ4v) is 3.29. The smallest absolute Gasteiger partial charge is 0.0734 e. The van der Waals surface area contributed by atoms with Crippen molar-refractivity contribution in [3.8, 4) is 11.3 Å². The molecule has 1 aliphatic rings. The minimum atomic E-state index is 0.170.